The van der Waals surface area contributed by atoms with E-state index in [4.69, 9.17) is 26.4 Å². The first kappa shape index (κ1) is 22.6. The highest BCUT2D eigenvalue weighted by atomic mass is 35.5. The number of rotatable bonds is 5. The average molecular weight is 480 g/mol. The largest absolute Gasteiger partial charge is 0.496 e. The normalized spacial score (nSPS) is 14.7. The van der Waals surface area contributed by atoms with Gasteiger partial charge in [0.05, 0.1) is 12.8 Å². The summed E-state index contributed by atoms with van der Waals surface area (Å²) in [7, 11) is 1.62. The molecule has 1 aliphatic rings. The van der Waals surface area contributed by atoms with E-state index in [0.29, 0.717) is 11.6 Å². The number of aryl methyl sites for hydroxylation is 2. The van der Waals surface area contributed by atoms with Crippen LogP contribution in [0.15, 0.2) is 48.5 Å². The Hall–Kier alpha value is -3.16. The minimum absolute atomic E-state index is 0.241. The molecule has 1 aliphatic heterocycles. The summed E-state index contributed by atoms with van der Waals surface area (Å²) in [5.41, 5.74) is 5.67. The molecular formula is C26H27ClFN5O. The topological polar surface area (TPSA) is 45.9 Å². The van der Waals surface area contributed by atoms with Crippen molar-refractivity contribution < 1.29 is 9.13 Å². The van der Waals surface area contributed by atoms with E-state index in [2.05, 4.69) is 15.9 Å². The van der Waals surface area contributed by atoms with Crippen LogP contribution in [0.4, 0.5) is 10.2 Å². The molecule has 0 saturated carbocycles. The summed E-state index contributed by atoms with van der Waals surface area (Å²) in [6.07, 6.45) is 0. The summed E-state index contributed by atoms with van der Waals surface area (Å²) in [5.74, 6) is 1.51. The first-order valence-corrected chi connectivity index (χ1v) is 11.7. The van der Waals surface area contributed by atoms with Crippen LogP contribution in [0.3, 0.4) is 0 Å². The first-order valence-electron chi connectivity index (χ1n) is 11.4. The Morgan fingerprint density at radius 3 is 2.44 bits per heavy atom. The summed E-state index contributed by atoms with van der Waals surface area (Å²) in [6.45, 7) is 8.07. The predicted octanol–water partition coefficient (Wildman–Crippen LogP) is 5.14. The molecule has 0 amide bonds. The second-order valence-corrected chi connectivity index (χ2v) is 9.11. The number of halogens is 2. The minimum Gasteiger partial charge on any atom is -0.496 e. The van der Waals surface area contributed by atoms with Crippen LogP contribution >= 0.6 is 11.6 Å². The molecule has 0 bridgehead atoms. The van der Waals surface area contributed by atoms with Crippen LogP contribution in [-0.2, 0) is 6.54 Å². The molecule has 4 aromatic rings. The van der Waals surface area contributed by atoms with Crippen molar-refractivity contribution in [3.8, 4) is 16.9 Å². The van der Waals surface area contributed by atoms with Crippen molar-refractivity contribution in [2.45, 2.75) is 20.4 Å². The second-order valence-electron chi connectivity index (χ2n) is 8.68. The summed E-state index contributed by atoms with van der Waals surface area (Å²) in [6, 6.07) is 14.6. The van der Waals surface area contributed by atoms with Crippen molar-refractivity contribution in [2.24, 2.45) is 0 Å². The van der Waals surface area contributed by atoms with Crippen LogP contribution in [0.25, 0.3) is 16.8 Å². The van der Waals surface area contributed by atoms with Crippen LogP contribution in [0.2, 0.25) is 5.02 Å². The predicted molar refractivity (Wildman–Crippen MR) is 133 cm³/mol. The van der Waals surface area contributed by atoms with Gasteiger partial charge < -0.3 is 9.64 Å². The molecule has 1 fully saturated rings. The van der Waals surface area contributed by atoms with Crippen molar-refractivity contribution in [1.29, 1.82) is 0 Å². The number of anilines is 1. The highest BCUT2D eigenvalue weighted by Gasteiger charge is 2.23. The molecule has 0 N–H and O–H groups in total. The lowest BCUT2D eigenvalue weighted by Crippen LogP contribution is -2.46. The minimum atomic E-state index is -0.241. The van der Waals surface area contributed by atoms with Crippen molar-refractivity contribution >= 4 is 23.1 Å². The average Bonchev–Trinajstić information content (AvgIpc) is 3.15. The van der Waals surface area contributed by atoms with Crippen LogP contribution < -0.4 is 9.64 Å². The summed E-state index contributed by atoms with van der Waals surface area (Å²) >= 11 is 6.10. The van der Waals surface area contributed by atoms with Crippen molar-refractivity contribution in [3.05, 3.63) is 76.3 Å². The lowest BCUT2D eigenvalue weighted by atomic mass is 10.1. The van der Waals surface area contributed by atoms with Gasteiger partial charge in [0, 0.05) is 60.6 Å². The Kier molecular flexibility index (Phi) is 6.15. The fourth-order valence-electron chi connectivity index (χ4n) is 4.65. The number of hydrogen-bond acceptors (Lipinski definition) is 5. The molecule has 0 radical (unpaired) electrons. The van der Waals surface area contributed by atoms with Crippen molar-refractivity contribution in [2.75, 3.05) is 38.2 Å². The van der Waals surface area contributed by atoms with E-state index in [1.165, 1.54) is 6.07 Å². The molecule has 176 valence electrons. The molecule has 0 spiro atoms. The van der Waals surface area contributed by atoms with Gasteiger partial charge in [0.25, 0.3) is 0 Å². The zero-order valence-corrected chi connectivity index (χ0v) is 20.3. The van der Waals surface area contributed by atoms with Crippen molar-refractivity contribution in [3.63, 3.8) is 0 Å². The van der Waals surface area contributed by atoms with E-state index in [-0.39, 0.29) is 5.82 Å². The van der Waals surface area contributed by atoms with Gasteiger partial charge in [-0.3, -0.25) is 4.90 Å². The van der Waals surface area contributed by atoms with Gasteiger partial charge >= 0.3 is 0 Å². The summed E-state index contributed by atoms with van der Waals surface area (Å²) in [5, 5.41) is 5.56. The highest BCUT2D eigenvalue weighted by molar-refractivity contribution is 6.30. The molecule has 3 heterocycles. The highest BCUT2D eigenvalue weighted by Crippen LogP contribution is 2.31. The number of hydrogen-bond donors (Lipinski definition) is 0. The Morgan fingerprint density at radius 1 is 1.00 bits per heavy atom. The molecule has 0 unspecified atom stereocenters. The van der Waals surface area contributed by atoms with E-state index >= 15 is 0 Å². The Morgan fingerprint density at radius 2 is 1.74 bits per heavy atom. The molecule has 0 atom stereocenters. The molecule has 8 heteroatoms. The number of benzene rings is 2. The summed E-state index contributed by atoms with van der Waals surface area (Å²) < 4.78 is 21.2. The fourth-order valence-corrected chi connectivity index (χ4v) is 4.78. The molecule has 1 saturated heterocycles. The monoisotopic (exact) mass is 479 g/mol. The SMILES string of the molecule is COc1ccc(F)cc1CN1CCN(c2cc(C)nc3c(-c4ccc(Cl)cc4)c(C)nn23)CC1. The van der Waals surface area contributed by atoms with Crippen LogP contribution in [0, 0.1) is 19.7 Å². The van der Waals surface area contributed by atoms with Gasteiger partial charge in [0.1, 0.15) is 17.4 Å². The molecule has 6 nitrogen and oxygen atoms in total. The van der Waals surface area contributed by atoms with Gasteiger partial charge in [-0.2, -0.15) is 9.61 Å². The lowest BCUT2D eigenvalue weighted by molar-refractivity contribution is 0.245. The van der Waals surface area contributed by atoms with Gasteiger partial charge in [-0.15, -0.1) is 0 Å². The Labute approximate surface area is 203 Å². The Bertz CT molecular complexity index is 1330. The maximum atomic E-state index is 13.8. The third-order valence-corrected chi connectivity index (χ3v) is 6.59. The van der Waals surface area contributed by atoms with Gasteiger partial charge in [0.2, 0.25) is 0 Å². The Balaban J connectivity index is 1.40. The van der Waals surface area contributed by atoms with Gasteiger partial charge in [0.15, 0.2) is 5.65 Å². The maximum absolute atomic E-state index is 13.8. The molecule has 34 heavy (non-hydrogen) atoms. The van der Waals surface area contributed by atoms with Gasteiger partial charge in [-0.1, -0.05) is 23.7 Å². The number of fused-ring (bicyclic) bond motifs is 1. The van der Waals surface area contributed by atoms with E-state index in [1.807, 2.05) is 42.6 Å². The zero-order valence-electron chi connectivity index (χ0n) is 19.6. The van der Waals surface area contributed by atoms with Crippen LogP contribution in [0.5, 0.6) is 5.75 Å². The van der Waals surface area contributed by atoms with Crippen LogP contribution in [0.1, 0.15) is 17.0 Å². The quantitative estimate of drug-likeness (QED) is 0.397. The number of aromatic nitrogens is 3. The number of piperazine rings is 1. The third kappa shape index (κ3) is 4.33. The number of methoxy groups -OCH3 is 1. The summed E-state index contributed by atoms with van der Waals surface area (Å²) in [4.78, 5) is 9.50. The lowest BCUT2D eigenvalue weighted by Gasteiger charge is -2.36. The van der Waals surface area contributed by atoms with Gasteiger partial charge in [-0.25, -0.2) is 9.37 Å². The van der Waals surface area contributed by atoms with E-state index < -0.39 is 0 Å². The standard InChI is InChI=1S/C26H27ClFN5O/c1-17-14-24(33-26(29-17)25(18(2)30-33)19-4-6-21(27)7-5-19)32-12-10-31(11-13-32)16-20-15-22(28)8-9-23(20)34-3/h4-9,14-15H,10-13,16H2,1-3H3. The van der Waals surface area contributed by atoms with Crippen LogP contribution in [-0.4, -0.2) is 52.8 Å². The van der Waals surface area contributed by atoms with E-state index in [9.17, 15) is 4.39 Å². The molecule has 5 rings (SSSR count). The maximum Gasteiger partial charge on any atom is 0.165 e. The molecule has 0 aliphatic carbocycles. The second kappa shape index (κ2) is 9.24. The van der Waals surface area contributed by atoms with Crippen molar-refractivity contribution in [1.82, 2.24) is 19.5 Å². The molecule has 2 aromatic carbocycles. The van der Waals surface area contributed by atoms with E-state index in [1.54, 1.807) is 19.2 Å². The van der Waals surface area contributed by atoms with E-state index in [0.717, 1.165) is 71.5 Å². The smallest absolute Gasteiger partial charge is 0.165 e. The molecular weight excluding hydrogens is 453 g/mol. The molecule has 2 aromatic heterocycles. The third-order valence-electron chi connectivity index (χ3n) is 6.34. The first-order chi connectivity index (χ1) is 16.4. The number of nitrogens with zero attached hydrogens (tertiary/aromatic N) is 5. The number of ether oxygens (including phenoxy) is 1. The fraction of sp³-hybridized carbons (Fsp3) is 0.308. The zero-order chi connectivity index (χ0) is 23.8. The van der Waals surface area contributed by atoms with Gasteiger partial charge in [-0.05, 0) is 49.7 Å².